The quantitative estimate of drug-likeness (QED) is 0.0912. The van der Waals surface area contributed by atoms with Crippen LogP contribution in [0.4, 0.5) is 13.2 Å². The normalized spacial score (nSPS) is 13.0. The number of pyridine rings is 1. The third-order valence-electron chi connectivity index (χ3n) is 9.73. The summed E-state index contributed by atoms with van der Waals surface area (Å²) < 4.78 is 57.0. The van der Waals surface area contributed by atoms with Gasteiger partial charge < -0.3 is 8.99 Å². The lowest BCUT2D eigenvalue weighted by molar-refractivity contribution is -0.139. The van der Waals surface area contributed by atoms with Crippen LogP contribution in [0.3, 0.4) is 0 Å². The minimum atomic E-state index is -4.46. The molecule has 278 valence electrons. The van der Waals surface area contributed by atoms with E-state index in [0.717, 1.165) is 27.2 Å². The van der Waals surface area contributed by atoms with Crippen LogP contribution in [-0.2, 0) is 22.7 Å². The predicted octanol–water partition coefficient (Wildman–Crippen LogP) is 10.9. The smallest absolute Gasteiger partial charge is 0.406 e. The third-order valence-corrected chi connectivity index (χ3v) is 16.0. The molecule has 0 aliphatic rings. The number of nitrogens with zero attached hydrogens (tertiary/aromatic N) is 4. The zero-order valence-corrected chi connectivity index (χ0v) is 34.7. The first-order chi connectivity index (χ1) is 25.0. The summed E-state index contributed by atoms with van der Waals surface area (Å²) in [6.07, 6.45) is -2.28. The Morgan fingerprint density at radius 2 is 1.51 bits per heavy atom. The molecule has 0 saturated heterocycles. The van der Waals surface area contributed by atoms with Gasteiger partial charge in [0.2, 0.25) is 0 Å². The van der Waals surface area contributed by atoms with Gasteiger partial charge in [0.15, 0.2) is 5.82 Å². The number of hydrogen-bond donors (Lipinski definition) is 0. The monoisotopic (exact) mass is 818 g/mol. The summed E-state index contributed by atoms with van der Waals surface area (Å²) in [4.78, 5) is 9.38. The maximum Gasteiger partial charge on any atom is 0.406 e. The topological polar surface area (TPSA) is 52.8 Å². The van der Waals surface area contributed by atoms with Crippen molar-refractivity contribution in [3.05, 3.63) is 114 Å². The fourth-order valence-electron chi connectivity index (χ4n) is 7.49. The lowest BCUT2D eigenvalue weighted by Gasteiger charge is -2.44. The van der Waals surface area contributed by atoms with E-state index in [0.29, 0.717) is 41.0 Å². The number of fused-ring (bicyclic) bond motifs is 1. The van der Waals surface area contributed by atoms with Gasteiger partial charge in [0.25, 0.3) is 8.32 Å². The Morgan fingerprint density at radius 3 is 2.06 bits per heavy atom. The van der Waals surface area contributed by atoms with Crippen LogP contribution in [0.15, 0.2) is 97.2 Å². The molecule has 0 radical (unpaired) electrons. The Hall–Kier alpha value is -3.64. The van der Waals surface area contributed by atoms with Crippen LogP contribution in [0.5, 0.6) is 0 Å². The second kappa shape index (κ2) is 15.2. The summed E-state index contributed by atoms with van der Waals surface area (Å²) in [6.45, 7) is 14.4. The SMILES string of the molecule is CC(C)c1ncccc1-c1c(CC(C)(C)CO[Si](c2ccccc2)(c2ccccc2)C(C)(C)C)c2cc(-c3nc(CBr)ns3)ccc2n1CC(F)(F)F. The molecule has 0 amide bonds. The molecular formula is C42H46BrF3N4OSSi. The van der Waals surface area contributed by atoms with Gasteiger partial charge in [-0.05, 0) is 80.6 Å². The summed E-state index contributed by atoms with van der Waals surface area (Å²) in [5, 5.41) is 4.12. The highest BCUT2D eigenvalue weighted by molar-refractivity contribution is 9.08. The minimum Gasteiger partial charge on any atom is -0.407 e. The molecule has 0 aliphatic heterocycles. The van der Waals surface area contributed by atoms with Crippen molar-refractivity contribution in [1.82, 2.24) is 18.9 Å². The molecular weight excluding hydrogens is 774 g/mol. The van der Waals surface area contributed by atoms with Crippen LogP contribution in [0.1, 0.15) is 71.5 Å². The van der Waals surface area contributed by atoms with Gasteiger partial charge in [0.05, 0.1) is 16.7 Å². The highest BCUT2D eigenvalue weighted by Gasteiger charge is 2.51. The van der Waals surface area contributed by atoms with Gasteiger partial charge in [-0.25, -0.2) is 4.98 Å². The number of halogens is 4. The predicted molar refractivity (Wildman–Crippen MR) is 218 cm³/mol. The Morgan fingerprint density at radius 1 is 0.868 bits per heavy atom. The van der Waals surface area contributed by atoms with Gasteiger partial charge in [-0.15, -0.1) is 0 Å². The highest BCUT2D eigenvalue weighted by atomic mass is 79.9. The first kappa shape index (κ1) is 39.1. The van der Waals surface area contributed by atoms with E-state index >= 15 is 0 Å². The van der Waals surface area contributed by atoms with Crippen LogP contribution < -0.4 is 10.4 Å². The van der Waals surface area contributed by atoms with Crippen LogP contribution in [0.2, 0.25) is 5.04 Å². The Kier molecular flexibility index (Phi) is 11.2. The molecule has 0 saturated carbocycles. The number of benzene rings is 3. The second-order valence-electron chi connectivity index (χ2n) is 15.8. The maximum absolute atomic E-state index is 14.6. The number of hydrogen-bond acceptors (Lipinski definition) is 5. The molecule has 6 rings (SSSR count). The maximum atomic E-state index is 14.6. The molecule has 3 heterocycles. The third kappa shape index (κ3) is 8.09. The van der Waals surface area contributed by atoms with E-state index in [9.17, 15) is 13.2 Å². The van der Waals surface area contributed by atoms with Crippen molar-refractivity contribution in [1.29, 1.82) is 0 Å². The molecule has 0 fully saturated rings. The minimum absolute atomic E-state index is 0.0116. The summed E-state index contributed by atoms with van der Waals surface area (Å²) in [5.74, 6) is 0.654. The van der Waals surface area contributed by atoms with E-state index in [1.54, 1.807) is 12.3 Å². The molecule has 5 nitrogen and oxygen atoms in total. The fraction of sp³-hybridized carbons (Fsp3) is 0.357. The van der Waals surface area contributed by atoms with Crippen molar-refractivity contribution in [3.63, 3.8) is 0 Å². The number of aromatic nitrogens is 4. The van der Waals surface area contributed by atoms with Crippen molar-refractivity contribution >= 4 is 57.1 Å². The molecule has 3 aromatic heterocycles. The lowest BCUT2D eigenvalue weighted by Crippen LogP contribution is -2.67. The van der Waals surface area contributed by atoms with Crippen molar-refractivity contribution in [3.8, 4) is 21.8 Å². The molecule has 3 aromatic carbocycles. The van der Waals surface area contributed by atoms with E-state index in [-0.39, 0.29) is 11.0 Å². The number of rotatable bonds is 12. The first-order valence-electron chi connectivity index (χ1n) is 17.9. The summed E-state index contributed by atoms with van der Waals surface area (Å²) >= 11 is 4.72. The van der Waals surface area contributed by atoms with Gasteiger partial charge in [-0.2, -0.15) is 17.5 Å². The van der Waals surface area contributed by atoms with Crippen LogP contribution in [0, 0.1) is 5.41 Å². The second-order valence-corrected chi connectivity index (χ2v) is 21.4. The van der Waals surface area contributed by atoms with E-state index in [1.807, 2.05) is 50.2 Å². The van der Waals surface area contributed by atoms with Gasteiger partial charge >= 0.3 is 6.18 Å². The lowest BCUT2D eigenvalue weighted by atomic mass is 9.84. The van der Waals surface area contributed by atoms with Crippen molar-refractivity contribution in [2.45, 2.75) is 83.9 Å². The van der Waals surface area contributed by atoms with Gasteiger partial charge in [-0.1, -0.05) is 125 Å². The van der Waals surface area contributed by atoms with Crippen molar-refractivity contribution in [2.75, 3.05) is 6.61 Å². The van der Waals surface area contributed by atoms with Crippen LogP contribution in [0.25, 0.3) is 32.7 Å². The average Bonchev–Trinajstić information content (AvgIpc) is 3.70. The molecule has 0 unspecified atom stereocenters. The van der Waals surface area contributed by atoms with E-state index < -0.39 is 26.5 Å². The van der Waals surface area contributed by atoms with Gasteiger partial charge in [0.1, 0.15) is 11.6 Å². The molecule has 0 atom stereocenters. The van der Waals surface area contributed by atoms with Gasteiger partial charge in [-0.3, -0.25) is 4.98 Å². The summed E-state index contributed by atoms with van der Waals surface area (Å²) in [5.41, 5.74) is 3.68. The van der Waals surface area contributed by atoms with Crippen LogP contribution in [-0.4, -0.2) is 40.0 Å². The van der Waals surface area contributed by atoms with E-state index in [4.69, 9.17) is 9.41 Å². The molecule has 6 aromatic rings. The van der Waals surface area contributed by atoms with Crippen LogP contribution >= 0.6 is 27.5 Å². The fourth-order valence-corrected chi connectivity index (χ4v) is 13.3. The highest BCUT2D eigenvalue weighted by Crippen LogP contribution is 2.44. The first-order valence-corrected chi connectivity index (χ1v) is 21.7. The van der Waals surface area contributed by atoms with Crippen molar-refractivity contribution in [2.24, 2.45) is 5.41 Å². The van der Waals surface area contributed by atoms with Crippen molar-refractivity contribution < 1.29 is 17.6 Å². The largest absolute Gasteiger partial charge is 0.407 e. The number of alkyl halides is 4. The zero-order chi connectivity index (χ0) is 38.2. The van der Waals surface area contributed by atoms with E-state index in [1.165, 1.54) is 26.5 Å². The molecule has 0 N–H and O–H groups in total. The Balaban J connectivity index is 1.55. The Bertz CT molecular complexity index is 2140. The molecule has 0 spiro atoms. The van der Waals surface area contributed by atoms with E-state index in [2.05, 4.69) is 108 Å². The molecule has 0 aliphatic carbocycles. The summed E-state index contributed by atoms with van der Waals surface area (Å²) in [6, 6.07) is 30.4. The average molecular weight is 820 g/mol. The van der Waals surface area contributed by atoms with Gasteiger partial charge in [0, 0.05) is 34.8 Å². The zero-order valence-electron chi connectivity index (χ0n) is 31.3. The standard InChI is InChI=1S/C42H46BrF3N4OSSi/c1-28(2)37-32(19-14-22-47-37)38-34(33-23-29(39-48-36(25-43)49-52-39)20-21-35(33)50(38)26-42(44,45)46)24-41(6,7)27-51-53(40(3,4)5,30-15-10-8-11-16-30)31-17-12-9-13-18-31/h8-23,28H,24-27H2,1-7H3. The Labute approximate surface area is 324 Å². The molecule has 11 heteroatoms. The molecule has 0 bridgehead atoms. The summed E-state index contributed by atoms with van der Waals surface area (Å²) in [7, 11) is -2.89. The molecule has 53 heavy (non-hydrogen) atoms.